The van der Waals surface area contributed by atoms with E-state index in [0.29, 0.717) is 10.2 Å². The maximum absolute atomic E-state index is 11.2. The van der Waals surface area contributed by atoms with Crippen molar-refractivity contribution in [3.63, 3.8) is 0 Å². The average Bonchev–Trinajstić information content (AvgIpc) is 2.48. The number of nitrogens with zero attached hydrogens (tertiary/aromatic N) is 1. The first-order valence-electron chi connectivity index (χ1n) is 3.40. The zero-order valence-corrected chi connectivity index (χ0v) is 7.09. The first-order chi connectivity index (χ1) is 6.20. The van der Waals surface area contributed by atoms with Crippen LogP contribution in [0.15, 0.2) is 17.1 Å². The van der Waals surface area contributed by atoms with Gasteiger partial charge in [0.15, 0.2) is 5.69 Å². The van der Waals surface area contributed by atoms with E-state index in [1.54, 1.807) is 0 Å². The van der Waals surface area contributed by atoms with Crippen molar-refractivity contribution in [3.05, 3.63) is 28.2 Å². The lowest BCUT2D eigenvalue weighted by molar-refractivity contribution is 0.0694. The van der Waals surface area contributed by atoms with Crippen LogP contribution in [0.4, 0.5) is 0 Å². The van der Waals surface area contributed by atoms with Crippen LogP contribution in [0, 0.1) is 0 Å². The second-order valence-corrected chi connectivity index (χ2v) is 3.16. The number of hydrogen-bond acceptors (Lipinski definition) is 4. The standard InChI is InChI=1S/C7H4N2O3S/c10-3-1-2-8-4-5(7(11)12)9-13-6(3)4/h1-2H,(H,8,10)(H,11,12). The molecular weight excluding hydrogens is 192 g/mol. The van der Waals surface area contributed by atoms with Gasteiger partial charge in [0.05, 0.1) is 5.52 Å². The van der Waals surface area contributed by atoms with E-state index in [9.17, 15) is 9.59 Å². The molecule has 0 bridgehead atoms. The average molecular weight is 196 g/mol. The minimum atomic E-state index is -1.13. The van der Waals surface area contributed by atoms with Gasteiger partial charge in [-0.15, -0.1) is 0 Å². The Balaban J connectivity index is 2.91. The molecule has 0 atom stereocenters. The number of aromatic carboxylic acids is 1. The fourth-order valence-electron chi connectivity index (χ4n) is 1.01. The normalized spacial score (nSPS) is 10.5. The van der Waals surface area contributed by atoms with Crippen LogP contribution in [0.2, 0.25) is 0 Å². The summed E-state index contributed by atoms with van der Waals surface area (Å²) in [4.78, 5) is 24.5. The number of aromatic nitrogens is 2. The number of hydrogen-bond donors (Lipinski definition) is 2. The molecule has 0 aromatic carbocycles. The molecule has 5 nitrogen and oxygen atoms in total. The van der Waals surface area contributed by atoms with E-state index in [0.717, 1.165) is 11.5 Å². The molecule has 0 spiro atoms. The summed E-state index contributed by atoms with van der Waals surface area (Å²) in [5.41, 5.74) is -0.0125. The topological polar surface area (TPSA) is 83.0 Å². The molecule has 0 aliphatic rings. The van der Waals surface area contributed by atoms with E-state index in [1.807, 2.05) is 0 Å². The van der Waals surface area contributed by atoms with Gasteiger partial charge in [-0.3, -0.25) is 4.79 Å². The van der Waals surface area contributed by atoms with E-state index in [-0.39, 0.29) is 11.1 Å². The summed E-state index contributed by atoms with van der Waals surface area (Å²) in [7, 11) is 0. The first kappa shape index (κ1) is 7.93. The summed E-state index contributed by atoms with van der Waals surface area (Å²) in [5.74, 6) is -1.13. The molecule has 6 heteroatoms. The molecule has 0 fully saturated rings. The van der Waals surface area contributed by atoms with Crippen LogP contribution < -0.4 is 5.43 Å². The van der Waals surface area contributed by atoms with Gasteiger partial charge in [0, 0.05) is 12.3 Å². The molecule has 2 rings (SSSR count). The number of pyridine rings is 1. The molecule has 2 heterocycles. The molecule has 0 radical (unpaired) electrons. The van der Waals surface area contributed by atoms with Crippen molar-refractivity contribution in [3.8, 4) is 0 Å². The molecule has 0 saturated carbocycles. The third-order valence-corrected chi connectivity index (χ3v) is 2.44. The van der Waals surface area contributed by atoms with Gasteiger partial charge in [0.1, 0.15) is 4.70 Å². The lowest BCUT2D eigenvalue weighted by atomic mass is 10.3. The van der Waals surface area contributed by atoms with E-state index in [1.165, 1.54) is 12.3 Å². The molecule has 2 aromatic rings. The van der Waals surface area contributed by atoms with Crippen molar-refractivity contribution in [1.29, 1.82) is 0 Å². The van der Waals surface area contributed by atoms with Crippen molar-refractivity contribution in [1.82, 2.24) is 9.36 Å². The second kappa shape index (κ2) is 2.67. The molecule has 0 saturated heterocycles. The minimum Gasteiger partial charge on any atom is -0.476 e. The quantitative estimate of drug-likeness (QED) is 0.702. The summed E-state index contributed by atoms with van der Waals surface area (Å²) >= 11 is 0.894. The number of fused-ring (bicyclic) bond motifs is 1. The van der Waals surface area contributed by atoms with Crippen LogP contribution in [0.3, 0.4) is 0 Å². The molecule has 0 aliphatic carbocycles. The van der Waals surface area contributed by atoms with E-state index >= 15 is 0 Å². The predicted octanol–water partition coefficient (Wildman–Crippen LogP) is 0.683. The van der Waals surface area contributed by atoms with Crippen LogP contribution in [-0.4, -0.2) is 20.4 Å². The number of carboxylic acid groups (broad SMARTS) is 1. The molecule has 13 heavy (non-hydrogen) atoms. The monoisotopic (exact) mass is 196 g/mol. The molecule has 2 N–H and O–H groups in total. The Hall–Kier alpha value is -1.69. The number of aromatic amines is 1. The Morgan fingerprint density at radius 1 is 1.62 bits per heavy atom. The van der Waals surface area contributed by atoms with Crippen LogP contribution >= 0.6 is 11.5 Å². The van der Waals surface area contributed by atoms with Crippen LogP contribution in [0.25, 0.3) is 10.2 Å². The highest BCUT2D eigenvalue weighted by atomic mass is 32.1. The van der Waals surface area contributed by atoms with Crippen LogP contribution in [-0.2, 0) is 0 Å². The van der Waals surface area contributed by atoms with Crippen molar-refractivity contribution < 1.29 is 9.90 Å². The molecule has 0 amide bonds. The smallest absolute Gasteiger partial charge is 0.357 e. The Kier molecular flexibility index (Phi) is 1.63. The van der Waals surface area contributed by atoms with E-state index in [2.05, 4.69) is 9.36 Å². The van der Waals surface area contributed by atoms with Gasteiger partial charge < -0.3 is 10.1 Å². The molecule has 2 aromatic heterocycles. The Morgan fingerprint density at radius 2 is 2.38 bits per heavy atom. The van der Waals surface area contributed by atoms with Gasteiger partial charge in [0.2, 0.25) is 5.43 Å². The maximum Gasteiger partial charge on any atom is 0.357 e. The Morgan fingerprint density at radius 3 is 3.08 bits per heavy atom. The van der Waals surface area contributed by atoms with Crippen LogP contribution in [0.5, 0.6) is 0 Å². The van der Waals surface area contributed by atoms with Gasteiger partial charge in [-0.05, 0) is 11.5 Å². The summed E-state index contributed by atoms with van der Waals surface area (Å²) in [6.07, 6.45) is 1.41. The second-order valence-electron chi connectivity index (χ2n) is 2.38. The summed E-state index contributed by atoms with van der Waals surface area (Å²) in [5, 5.41) is 8.68. The summed E-state index contributed by atoms with van der Waals surface area (Å²) < 4.78 is 4.01. The van der Waals surface area contributed by atoms with E-state index in [4.69, 9.17) is 5.11 Å². The van der Waals surface area contributed by atoms with Crippen LogP contribution in [0.1, 0.15) is 10.5 Å². The lowest BCUT2D eigenvalue weighted by Crippen LogP contribution is -2.01. The number of carboxylic acids is 1. The third kappa shape index (κ3) is 1.11. The molecule has 0 aliphatic heterocycles. The predicted molar refractivity (Wildman–Crippen MR) is 47.2 cm³/mol. The zero-order valence-electron chi connectivity index (χ0n) is 6.27. The van der Waals surface area contributed by atoms with Gasteiger partial charge in [-0.2, -0.15) is 4.37 Å². The highest BCUT2D eigenvalue weighted by Crippen LogP contribution is 2.15. The number of carbonyl (C=O) groups is 1. The van der Waals surface area contributed by atoms with Gasteiger partial charge in [-0.25, -0.2) is 4.79 Å². The van der Waals surface area contributed by atoms with Crippen molar-refractivity contribution in [2.45, 2.75) is 0 Å². The maximum atomic E-state index is 11.2. The molecule has 0 unspecified atom stereocenters. The highest BCUT2D eigenvalue weighted by molar-refractivity contribution is 7.13. The Bertz CT molecular complexity index is 528. The minimum absolute atomic E-state index is 0.0994. The highest BCUT2D eigenvalue weighted by Gasteiger charge is 2.14. The fourth-order valence-corrected chi connectivity index (χ4v) is 1.77. The van der Waals surface area contributed by atoms with Crippen molar-refractivity contribution in [2.24, 2.45) is 0 Å². The number of H-pyrrole nitrogens is 1. The lowest BCUT2D eigenvalue weighted by Gasteiger charge is -1.88. The summed E-state index contributed by atoms with van der Waals surface area (Å²) in [6, 6.07) is 1.34. The van der Waals surface area contributed by atoms with Crippen molar-refractivity contribution >= 4 is 27.7 Å². The van der Waals surface area contributed by atoms with Gasteiger partial charge in [0.25, 0.3) is 0 Å². The zero-order chi connectivity index (χ0) is 9.42. The third-order valence-electron chi connectivity index (χ3n) is 1.58. The first-order valence-corrected chi connectivity index (χ1v) is 4.18. The fraction of sp³-hybridized carbons (Fsp3) is 0. The number of rotatable bonds is 1. The molecule has 66 valence electrons. The molecular formula is C7H4N2O3S. The number of nitrogens with one attached hydrogen (secondary N) is 1. The van der Waals surface area contributed by atoms with Crippen molar-refractivity contribution in [2.75, 3.05) is 0 Å². The summed E-state index contributed by atoms with van der Waals surface area (Å²) in [6.45, 7) is 0. The largest absolute Gasteiger partial charge is 0.476 e. The SMILES string of the molecule is O=C(O)c1nsc2c(=O)cc[nH]c12. The van der Waals surface area contributed by atoms with Gasteiger partial charge >= 0.3 is 5.97 Å². The van der Waals surface area contributed by atoms with Gasteiger partial charge in [-0.1, -0.05) is 0 Å². The van der Waals surface area contributed by atoms with E-state index < -0.39 is 5.97 Å². The Labute approximate surface area is 75.8 Å².